The third-order valence-electron chi connectivity index (χ3n) is 2.92. The van der Waals surface area contributed by atoms with Crippen LogP contribution in [0.25, 0.3) is 0 Å². The minimum atomic E-state index is -0.426. The van der Waals surface area contributed by atoms with Crippen molar-refractivity contribution in [1.82, 2.24) is 5.32 Å². The number of ether oxygens (including phenoxy) is 6. The summed E-state index contributed by atoms with van der Waals surface area (Å²) in [4.78, 5) is 21.6. The van der Waals surface area contributed by atoms with Crippen molar-refractivity contribution in [3.05, 3.63) is 12.7 Å². The van der Waals surface area contributed by atoms with Crippen LogP contribution in [0.4, 0.5) is 0 Å². The third kappa shape index (κ3) is 38.9. The number of nitrogens with two attached hydrogens (primary N) is 1. The van der Waals surface area contributed by atoms with E-state index in [9.17, 15) is 9.59 Å². The fourth-order valence-corrected chi connectivity index (χ4v) is 1.43. The van der Waals surface area contributed by atoms with Crippen molar-refractivity contribution < 1.29 is 48.2 Å². The quantitative estimate of drug-likeness (QED) is 0.0979. The predicted octanol–water partition coefficient (Wildman–Crippen LogP) is -1.52. The van der Waals surface area contributed by atoms with E-state index in [0.717, 1.165) is 6.08 Å². The third-order valence-corrected chi connectivity index (χ3v) is 2.92. The highest BCUT2D eigenvalue weighted by Crippen LogP contribution is 1.86. The number of esters is 2. The predicted molar refractivity (Wildman–Crippen MR) is 118 cm³/mol. The van der Waals surface area contributed by atoms with Crippen molar-refractivity contribution >= 4 is 11.9 Å². The molecule has 0 aliphatic rings. The molecule has 192 valence electrons. The standard InChI is InChI=1S/C10H21NO5.C8H14O4.C2H7NO/c1-14-6-7-15-8-9-16-10(13)2-3-11-4-5-12;1-3-8(9)12-7-6-11-5-4-10-2;3-1-2-4/h11-12H,2-9H2,1H3;3H,1,4-7H2,2H3;4H,1-3H2. The molecule has 0 heterocycles. The Hall–Kier alpha value is -1.64. The largest absolute Gasteiger partial charge is 0.463 e. The lowest BCUT2D eigenvalue weighted by atomic mass is 10.4. The van der Waals surface area contributed by atoms with Crippen LogP contribution in [-0.4, -0.2) is 122 Å². The first-order chi connectivity index (χ1) is 15.5. The number of carbonyl (C=O) groups excluding carboxylic acids is 2. The molecule has 32 heavy (non-hydrogen) atoms. The van der Waals surface area contributed by atoms with Crippen LogP contribution in [-0.2, 0) is 38.0 Å². The fourth-order valence-electron chi connectivity index (χ4n) is 1.43. The van der Waals surface area contributed by atoms with Gasteiger partial charge in [-0.3, -0.25) is 4.79 Å². The Labute approximate surface area is 190 Å². The molecule has 0 unspecified atom stereocenters. The van der Waals surface area contributed by atoms with Crippen LogP contribution in [0.2, 0.25) is 0 Å². The van der Waals surface area contributed by atoms with E-state index in [1.54, 1.807) is 14.2 Å². The lowest BCUT2D eigenvalue weighted by molar-refractivity contribution is -0.145. The molecule has 0 bridgehead atoms. The van der Waals surface area contributed by atoms with Gasteiger partial charge in [-0.05, 0) is 0 Å². The van der Waals surface area contributed by atoms with Crippen LogP contribution < -0.4 is 11.1 Å². The zero-order chi connectivity index (χ0) is 24.7. The first-order valence-corrected chi connectivity index (χ1v) is 10.2. The molecule has 0 aliphatic heterocycles. The summed E-state index contributed by atoms with van der Waals surface area (Å²) in [5.41, 5.74) is 4.78. The Bertz CT molecular complexity index is 399. The van der Waals surface area contributed by atoms with Gasteiger partial charge < -0.3 is 49.7 Å². The van der Waals surface area contributed by atoms with Gasteiger partial charge >= 0.3 is 11.9 Å². The van der Waals surface area contributed by atoms with E-state index in [-0.39, 0.29) is 32.4 Å². The number of rotatable bonds is 19. The Kier molecular flexibility index (Phi) is 37.1. The van der Waals surface area contributed by atoms with E-state index in [0.29, 0.717) is 65.7 Å². The average Bonchev–Trinajstić information content (AvgIpc) is 2.81. The summed E-state index contributed by atoms with van der Waals surface area (Å²) in [6.07, 6.45) is 1.42. The molecule has 0 aromatic heterocycles. The van der Waals surface area contributed by atoms with Gasteiger partial charge in [-0.15, -0.1) is 0 Å². The highest BCUT2D eigenvalue weighted by Gasteiger charge is 2.01. The van der Waals surface area contributed by atoms with Gasteiger partial charge in [0.05, 0.1) is 59.3 Å². The summed E-state index contributed by atoms with van der Waals surface area (Å²) < 4.78 is 29.2. The van der Waals surface area contributed by atoms with E-state index in [1.165, 1.54) is 0 Å². The first kappa shape index (κ1) is 35.0. The summed E-state index contributed by atoms with van der Waals surface area (Å²) in [5, 5.41) is 19.1. The molecule has 0 spiro atoms. The molecule has 0 fully saturated rings. The normalized spacial score (nSPS) is 9.66. The van der Waals surface area contributed by atoms with Gasteiger partial charge in [0, 0.05) is 39.9 Å². The minimum Gasteiger partial charge on any atom is -0.463 e. The molecule has 0 radical (unpaired) electrons. The molecule has 0 aromatic carbocycles. The topological polar surface area (TPSA) is 168 Å². The molecule has 0 saturated heterocycles. The van der Waals surface area contributed by atoms with Gasteiger partial charge in [-0.2, -0.15) is 0 Å². The smallest absolute Gasteiger partial charge is 0.330 e. The number of aliphatic hydroxyl groups excluding tert-OH is 2. The van der Waals surface area contributed by atoms with Crippen molar-refractivity contribution in [2.75, 3.05) is 99.9 Å². The van der Waals surface area contributed by atoms with Crippen molar-refractivity contribution in [3.8, 4) is 0 Å². The molecule has 12 heteroatoms. The first-order valence-electron chi connectivity index (χ1n) is 10.2. The van der Waals surface area contributed by atoms with Crippen molar-refractivity contribution in [3.63, 3.8) is 0 Å². The maximum Gasteiger partial charge on any atom is 0.330 e. The second-order valence-corrected chi connectivity index (χ2v) is 5.54. The van der Waals surface area contributed by atoms with Crippen LogP contribution in [0, 0.1) is 0 Å². The lowest BCUT2D eigenvalue weighted by Crippen LogP contribution is -2.23. The summed E-state index contributed by atoms with van der Waals surface area (Å²) >= 11 is 0. The summed E-state index contributed by atoms with van der Waals surface area (Å²) in [5.74, 6) is -0.689. The highest BCUT2D eigenvalue weighted by atomic mass is 16.6. The lowest BCUT2D eigenvalue weighted by Gasteiger charge is -2.06. The molecule has 12 nitrogen and oxygen atoms in total. The maximum atomic E-state index is 11.1. The van der Waals surface area contributed by atoms with Crippen LogP contribution in [0.1, 0.15) is 6.42 Å². The van der Waals surface area contributed by atoms with E-state index in [1.807, 2.05) is 0 Å². The number of hydrogen-bond acceptors (Lipinski definition) is 12. The Morgan fingerprint density at radius 2 is 1.34 bits per heavy atom. The molecule has 0 atom stereocenters. The number of nitrogens with one attached hydrogen (secondary N) is 1. The number of hydrogen-bond donors (Lipinski definition) is 4. The maximum absolute atomic E-state index is 11.1. The van der Waals surface area contributed by atoms with Crippen LogP contribution in [0.5, 0.6) is 0 Å². The van der Waals surface area contributed by atoms with Crippen molar-refractivity contribution in [1.29, 1.82) is 0 Å². The second kappa shape index (κ2) is 34.0. The molecule has 0 amide bonds. The van der Waals surface area contributed by atoms with Gasteiger partial charge in [-0.1, -0.05) is 6.58 Å². The summed E-state index contributed by atoms with van der Waals surface area (Å²) in [6, 6.07) is 0. The van der Waals surface area contributed by atoms with Gasteiger partial charge in [0.1, 0.15) is 13.2 Å². The Morgan fingerprint density at radius 3 is 1.78 bits per heavy atom. The Balaban J connectivity index is -0.000000462. The van der Waals surface area contributed by atoms with Gasteiger partial charge in [0.2, 0.25) is 0 Å². The van der Waals surface area contributed by atoms with E-state index < -0.39 is 5.97 Å². The average molecular weight is 471 g/mol. The van der Waals surface area contributed by atoms with Crippen LogP contribution in [0.15, 0.2) is 12.7 Å². The summed E-state index contributed by atoms with van der Waals surface area (Å²) in [7, 11) is 3.20. The van der Waals surface area contributed by atoms with E-state index in [2.05, 4.69) is 16.6 Å². The molecular weight excluding hydrogens is 428 g/mol. The molecular formula is C20H42N2O10. The molecule has 0 rings (SSSR count). The molecule has 5 N–H and O–H groups in total. The SMILES string of the molecule is C=CC(=O)OCCOCCOC.COCCOCCOC(=O)CCNCCO.NCCO. The number of carbonyl (C=O) groups is 2. The van der Waals surface area contributed by atoms with E-state index in [4.69, 9.17) is 39.6 Å². The molecule has 0 aliphatic carbocycles. The van der Waals surface area contributed by atoms with E-state index >= 15 is 0 Å². The fraction of sp³-hybridized carbons (Fsp3) is 0.800. The van der Waals surface area contributed by atoms with Crippen molar-refractivity contribution in [2.45, 2.75) is 6.42 Å². The Morgan fingerprint density at radius 1 is 0.844 bits per heavy atom. The molecule has 0 aromatic rings. The minimum absolute atomic E-state index is 0.0718. The number of aliphatic hydroxyl groups is 2. The van der Waals surface area contributed by atoms with Gasteiger partial charge in [0.15, 0.2) is 0 Å². The van der Waals surface area contributed by atoms with Crippen LogP contribution >= 0.6 is 0 Å². The molecule has 0 saturated carbocycles. The van der Waals surface area contributed by atoms with Crippen molar-refractivity contribution in [2.24, 2.45) is 5.73 Å². The zero-order valence-corrected chi connectivity index (χ0v) is 19.4. The highest BCUT2D eigenvalue weighted by molar-refractivity contribution is 5.81. The zero-order valence-electron chi connectivity index (χ0n) is 19.4. The van der Waals surface area contributed by atoms with Gasteiger partial charge in [-0.25, -0.2) is 4.79 Å². The van der Waals surface area contributed by atoms with Crippen LogP contribution in [0.3, 0.4) is 0 Å². The monoisotopic (exact) mass is 470 g/mol. The second-order valence-electron chi connectivity index (χ2n) is 5.54. The summed E-state index contributed by atoms with van der Waals surface area (Å²) in [6.45, 7) is 8.23. The number of methoxy groups -OCH3 is 2. The van der Waals surface area contributed by atoms with Gasteiger partial charge in [0.25, 0.3) is 0 Å².